The van der Waals surface area contributed by atoms with Crippen molar-refractivity contribution in [3.05, 3.63) is 47.5 Å². The number of hydrogen-bond donors (Lipinski definition) is 2. The summed E-state index contributed by atoms with van der Waals surface area (Å²) in [5, 5.41) is 3.93. The van der Waals surface area contributed by atoms with Gasteiger partial charge in [-0.1, -0.05) is 23.8 Å². The first-order valence-corrected chi connectivity index (χ1v) is 6.66. The van der Waals surface area contributed by atoms with E-state index in [1.54, 1.807) is 12.5 Å². The van der Waals surface area contributed by atoms with Gasteiger partial charge >= 0.3 is 0 Å². The zero-order chi connectivity index (χ0) is 13.8. The molecule has 1 atom stereocenters. The monoisotopic (exact) mass is 294 g/mol. The van der Waals surface area contributed by atoms with Crippen LogP contribution in [0.1, 0.15) is 12.5 Å². The summed E-state index contributed by atoms with van der Waals surface area (Å²) >= 11 is 11.0. The van der Waals surface area contributed by atoms with Crippen LogP contribution in [-0.2, 0) is 6.54 Å². The number of anilines is 1. The number of halogens is 1. The number of nitrogens with zero attached hydrogens (tertiary/aromatic N) is 2. The Hall–Kier alpha value is -1.59. The highest BCUT2D eigenvalue weighted by Crippen LogP contribution is 2.21. The standard InChI is InChI=1S/C13H15ClN4S/c1-9(7-18-5-4-16-8-18)17-10-2-3-11(13(15)19)12(14)6-10/h2-6,8-9,17H,7H2,1H3,(H2,15,19). The average Bonchev–Trinajstić information content (AvgIpc) is 2.81. The summed E-state index contributed by atoms with van der Waals surface area (Å²) in [6, 6.07) is 5.84. The van der Waals surface area contributed by atoms with E-state index in [4.69, 9.17) is 29.6 Å². The summed E-state index contributed by atoms with van der Waals surface area (Å²) in [5.74, 6) is 0. The first kappa shape index (κ1) is 13.8. The van der Waals surface area contributed by atoms with E-state index in [2.05, 4.69) is 17.2 Å². The van der Waals surface area contributed by atoms with Gasteiger partial charge in [0.1, 0.15) is 4.99 Å². The fourth-order valence-corrected chi connectivity index (χ4v) is 2.36. The average molecular weight is 295 g/mol. The maximum absolute atomic E-state index is 6.13. The Morgan fingerprint density at radius 3 is 2.95 bits per heavy atom. The molecule has 19 heavy (non-hydrogen) atoms. The van der Waals surface area contributed by atoms with Crippen molar-refractivity contribution in [3.8, 4) is 0 Å². The quantitative estimate of drug-likeness (QED) is 0.833. The lowest BCUT2D eigenvalue weighted by Crippen LogP contribution is -2.21. The number of aromatic nitrogens is 2. The third-order valence-electron chi connectivity index (χ3n) is 2.69. The van der Waals surface area contributed by atoms with Gasteiger partial charge in [0.25, 0.3) is 0 Å². The first-order chi connectivity index (χ1) is 9.06. The molecular formula is C13H15ClN4S. The van der Waals surface area contributed by atoms with Gasteiger partial charge < -0.3 is 15.6 Å². The van der Waals surface area contributed by atoms with Gasteiger partial charge in [0.2, 0.25) is 0 Å². The second-order valence-electron chi connectivity index (χ2n) is 4.36. The molecule has 2 rings (SSSR count). The van der Waals surface area contributed by atoms with Crippen LogP contribution in [0.25, 0.3) is 0 Å². The van der Waals surface area contributed by atoms with E-state index in [1.165, 1.54) is 0 Å². The molecule has 3 N–H and O–H groups in total. The van der Waals surface area contributed by atoms with E-state index in [1.807, 2.05) is 29.0 Å². The molecule has 1 aromatic carbocycles. The van der Waals surface area contributed by atoms with E-state index in [9.17, 15) is 0 Å². The Balaban J connectivity index is 2.03. The molecule has 1 aromatic heterocycles. The number of thiocarbonyl (C=S) groups is 1. The topological polar surface area (TPSA) is 55.9 Å². The molecular weight excluding hydrogens is 280 g/mol. The molecule has 0 aliphatic carbocycles. The van der Waals surface area contributed by atoms with Crippen molar-refractivity contribution in [3.63, 3.8) is 0 Å². The van der Waals surface area contributed by atoms with Crippen molar-refractivity contribution in [2.75, 3.05) is 5.32 Å². The zero-order valence-corrected chi connectivity index (χ0v) is 12.1. The Labute approximate surface area is 122 Å². The van der Waals surface area contributed by atoms with Crippen LogP contribution in [0.15, 0.2) is 36.9 Å². The lowest BCUT2D eigenvalue weighted by atomic mass is 10.2. The van der Waals surface area contributed by atoms with Crippen LogP contribution in [-0.4, -0.2) is 20.6 Å². The second-order valence-corrected chi connectivity index (χ2v) is 5.21. The minimum atomic E-state index is 0.251. The van der Waals surface area contributed by atoms with Crippen molar-refractivity contribution in [1.29, 1.82) is 0 Å². The maximum atomic E-state index is 6.13. The Morgan fingerprint density at radius 1 is 1.58 bits per heavy atom. The number of nitrogens with one attached hydrogen (secondary N) is 1. The minimum Gasteiger partial charge on any atom is -0.389 e. The lowest BCUT2D eigenvalue weighted by Gasteiger charge is -2.16. The molecule has 2 aromatic rings. The molecule has 0 saturated heterocycles. The number of benzene rings is 1. The fourth-order valence-electron chi connectivity index (χ4n) is 1.85. The van der Waals surface area contributed by atoms with Gasteiger partial charge in [-0.3, -0.25) is 0 Å². The highest BCUT2D eigenvalue weighted by atomic mass is 35.5. The van der Waals surface area contributed by atoms with Crippen molar-refractivity contribution in [1.82, 2.24) is 9.55 Å². The van der Waals surface area contributed by atoms with Crippen LogP contribution in [0.2, 0.25) is 5.02 Å². The SMILES string of the molecule is CC(Cn1ccnc1)Nc1ccc(C(N)=S)c(Cl)c1. The zero-order valence-electron chi connectivity index (χ0n) is 10.5. The van der Waals surface area contributed by atoms with Gasteiger partial charge in [-0.2, -0.15) is 0 Å². The predicted octanol–water partition coefficient (Wildman–Crippen LogP) is 2.67. The van der Waals surface area contributed by atoms with Crippen LogP contribution in [0.3, 0.4) is 0 Å². The number of hydrogen-bond acceptors (Lipinski definition) is 3. The van der Waals surface area contributed by atoms with E-state index >= 15 is 0 Å². The van der Waals surface area contributed by atoms with Crippen LogP contribution in [0, 0.1) is 0 Å². The summed E-state index contributed by atoms with van der Waals surface area (Å²) in [4.78, 5) is 4.32. The van der Waals surface area contributed by atoms with E-state index in [0.29, 0.717) is 15.6 Å². The molecule has 0 aliphatic rings. The molecule has 4 nitrogen and oxygen atoms in total. The molecule has 0 radical (unpaired) electrons. The normalized spacial score (nSPS) is 12.1. The first-order valence-electron chi connectivity index (χ1n) is 5.88. The van der Waals surface area contributed by atoms with Gasteiger partial charge in [-0.25, -0.2) is 4.98 Å². The molecule has 6 heteroatoms. The van der Waals surface area contributed by atoms with Crippen molar-refractivity contribution in [2.45, 2.75) is 19.5 Å². The van der Waals surface area contributed by atoms with Gasteiger partial charge in [0.15, 0.2) is 0 Å². The largest absolute Gasteiger partial charge is 0.389 e. The Kier molecular flexibility index (Phi) is 4.39. The maximum Gasteiger partial charge on any atom is 0.105 e. The van der Waals surface area contributed by atoms with Crippen LogP contribution < -0.4 is 11.1 Å². The number of rotatable bonds is 5. The summed E-state index contributed by atoms with van der Waals surface area (Å²) in [6.45, 7) is 2.92. The molecule has 1 unspecified atom stereocenters. The van der Waals surface area contributed by atoms with Crippen molar-refractivity contribution >= 4 is 34.5 Å². The summed E-state index contributed by atoms with van der Waals surface area (Å²) in [7, 11) is 0. The van der Waals surface area contributed by atoms with Gasteiger partial charge in [-0.15, -0.1) is 0 Å². The third kappa shape index (κ3) is 3.68. The molecule has 0 aliphatic heterocycles. The van der Waals surface area contributed by atoms with Gasteiger partial charge in [0.05, 0.1) is 11.3 Å². The highest BCUT2D eigenvalue weighted by Gasteiger charge is 2.07. The van der Waals surface area contributed by atoms with E-state index in [-0.39, 0.29) is 6.04 Å². The molecule has 0 amide bonds. The van der Waals surface area contributed by atoms with Crippen LogP contribution in [0.4, 0.5) is 5.69 Å². The smallest absolute Gasteiger partial charge is 0.105 e. The molecule has 1 heterocycles. The highest BCUT2D eigenvalue weighted by molar-refractivity contribution is 7.80. The molecule has 0 spiro atoms. The molecule has 0 saturated carbocycles. The minimum absolute atomic E-state index is 0.251. The number of imidazole rings is 1. The van der Waals surface area contributed by atoms with Gasteiger partial charge in [-0.05, 0) is 25.1 Å². The molecule has 100 valence electrons. The summed E-state index contributed by atoms with van der Waals surface area (Å²) in [6.07, 6.45) is 5.49. The third-order valence-corrected chi connectivity index (χ3v) is 3.22. The Morgan fingerprint density at radius 2 is 2.37 bits per heavy atom. The van der Waals surface area contributed by atoms with Crippen LogP contribution in [0.5, 0.6) is 0 Å². The van der Waals surface area contributed by atoms with Crippen molar-refractivity contribution < 1.29 is 0 Å². The summed E-state index contributed by atoms with van der Waals surface area (Å²) in [5.41, 5.74) is 7.21. The second kappa shape index (κ2) is 6.04. The molecule has 0 bridgehead atoms. The number of nitrogens with two attached hydrogens (primary N) is 1. The Bertz CT molecular complexity index is 568. The van der Waals surface area contributed by atoms with Gasteiger partial charge in [0, 0.05) is 36.2 Å². The van der Waals surface area contributed by atoms with Crippen LogP contribution >= 0.6 is 23.8 Å². The van der Waals surface area contributed by atoms with E-state index in [0.717, 1.165) is 12.2 Å². The molecule has 0 fully saturated rings. The van der Waals surface area contributed by atoms with E-state index < -0.39 is 0 Å². The lowest BCUT2D eigenvalue weighted by molar-refractivity contribution is 0.619. The van der Waals surface area contributed by atoms with Crippen molar-refractivity contribution in [2.24, 2.45) is 5.73 Å². The predicted molar refractivity (Wildman–Crippen MR) is 82.7 cm³/mol. The fraction of sp³-hybridized carbons (Fsp3) is 0.231. The summed E-state index contributed by atoms with van der Waals surface area (Å²) < 4.78 is 2.02.